The average molecular weight is 466 g/mol. The molecule has 2 aromatic carbocycles. The lowest BCUT2D eigenvalue weighted by atomic mass is 10.0. The van der Waals surface area contributed by atoms with Gasteiger partial charge in [-0.1, -0.05) is 26.0 Å². The van der Waals surface area contributed by atoms with Crippen LogP contribution in [0.5, 0.6) is 0 Å². The van der Waals surface area contributed by atoms with Crippen LogP contribution in [0, 0.1) is 13.8 Å². The molecule has 0 bridgehead atoms. The smallest absolute Gasteiger partial charge is 0.262 e. The fraction of sp³-hybridized carbons (Fsp3) is 0.360. The number of benzene rings is 2. The Bertz CT molecular complexity index is 1230. The van der Waals surface area contributed by atoms with Crippen LogP contribution in [0.3, 0.4) is 0 Å². The van der Waals surface area contributed by atoms with E-state index in [1.54, 1.807) is 18.2 Å². The molecule has 2 heterocycles. The van der Waals surface area contributed by atoms with Crippen molar-refractivity contribution in [3.63, 3.8) is 0 Å². The van der Waals surface area contributed by atoms with E-state index in [1.165, 1.54) is 12.8 Å². The monoisotopic (exact) mass is 465 g/mol. The third-order valence-electron chi connectivity index (χ3n) is 5.83. The summed E-state index contributed by atoms with van der Waals surface area (Å²) in [6.45, 7) is 9.90. The van der Waals surface area contributed by atoms with Gasteiger partial charge in [-0.3, -0.25) is 4.72 Å². The van der Waals surface area contributed by atoms with E-state index >= 15 is 0 Å². The molecule has 33 heavy (non-hydrogen) atoms. The van der Waals surface area contributed by atoms with E-state index in [0.29, 0.717) is 16.5 Å². The van der Waals surface area contributed by atoms with Gasteiger partial charge < -0.3 is 10.2 Å². The van der Waals surface area contributed by atoms with Gasteiger partial charge in [0.25, 0.3) is 10.0 Å². The molecule has 8 heteroatoms. The summed E-state index contributed by atoms with van der Waals surface area (Å²) in [6.07, 6.45) is 2.37. The second-order valence-corrected chi connectivity index (χ2v) is 10.5. The van der Waals surface area contributed by atoms with Crippen LogP contribution in [0.25, 0.3) is 0 Å². The predicted molar refractivity (Wildman–Crippen MR) is 134 cm³/mol. The molecule has 4 rings (SSSR count). The number of nitrogens with one attached hydrogen (secondary N) is 2. The molecule has 1 fully saturated rings. The second-order valence-electron chi connectivity index (χ2n) is 8.87. The number of anilines is 4. The van der Waals surface area contributed by atoms with Crippen molar-refractivity contribution in [2.45, 2.75) is 51.3 Å². The SMILES string of the molecule is Cc1cc(N2CCCC2)nc(Nc2ccc(NS(=O)(=O)c3cc(C(C)C)ccc3C)cc2)n1. The molecule has 0 atom stereocenters. The molecule has 1 saturated heterocycles. The zero-order valence-electron chi connectivity index (χ0n) is 19.6. The minimum atomic E-state index is -3.69. The first-order chi connectivity index (χ1) is 15.7. The quantitative estimate of drug-likeness (QED) is 0.488. The molecular formula is C25H31N5O2S. The van der Waals surface area contributed by atoms with E-state index in [9.17, 15) is 8.42 Å². The summed E-state index contributed by atoms with van der Waals surface area (Å²) in [5.74, 6) is 1.72. The lowest BCUT2D eigenvalue weighted by Gasteiger charge is -2.18. The van der Waals surface area contributed by atoms with Crippen LogP contribution in [0.1, 0.15) is 49.4 Å². The number of nitrogens with zero attached hydrogens (tertiary/aromatic N) is 3. The molecule has 0 saturated carbocycles. The molecule has 174 valence electrons. The molecule has 0 radical (unpaired) electrons. The molecule has 1 aliphatic heterocycles. The number of sulfonamides is 1. The van der Waals surface area contributed by atoms with Crippen molar-refractivity contribution >= 4 is 33.2 Å². The van der Waals surface area contributed by atoms with Crippen LogP contribution in [0.15, 0.2) is 53.4 Å². The highest BCUT2D eigenvalue weighted by Crippen LogP contribution is 2.26. The summed E-state index contributed by atoms with van der Waals surface area (Å²) < 4.78 is 28.7. The number of hydrogen-bond acceptors (Lipinski definition) is 6. The third kappa shape index (κ3) is 5.45. The molecule has 0 unspecified atom stereocenters. The van der Waals surface area contributed by atoms with Gasteiger partial charge in [-0.25, -0.2) is 13.4 Å². The van der Waals surface area contributed by atoms with Crippen molar-refractivity contribution in [3.05, 3.63) is 65.4 Å². The van der Waals surface area contributed by atoms with Crippen molar-refractivity contribution in [2.24, 2.45) is 0 Å². The van der Waals surface area contributed by atoms with Gasteiger partial charge in [0.2, 0.25) is 5.95 Å². The Kier molecular flexibility index (Phi) is 6.56. The number of hydrogen-bond donors (Lipinski definition) is 2. The Hall–Kier alpha value is -3.13. The van der Waals surface area contributed by atoms with Gasteiger partial charge in [-0.05, 0) is 74.1 Å². The first-order valence-electron chi connectivity index (χ1n) is 11.3. The lowest BCUT2D eigenvalue weighted by Crippen LogP contribution is -2.19. The molecular weight excluding hydrogens is 434 g/mol. The average Bonchev–Trinajstić information content (AvgIpc) is 3.30. The van der Waals surface area contributed by atoms with Gasteiger partial charge in [-0.2, -0.15) is 4.98 Å². The van der Waals surface area contributed by atoms with Gasteiger partial charge in [-0.15, -0.1) is 0 Å². The minimum Gasteiger partial charge on any atom is -0.356 e. The zero-order chi connectivity index (χ0) is 23.6. The van der Waals surface area contributed by atoms with E-state index in [4.69, 9.17) is 0 Å². The van der Waals surface area contributed by atoms with Crippen LogP contribution in [0.2, 0.25) is 0 Å². The summed E-state index contributed by atoms with van der Waals surface area (Å²) in [7, 11) is -3.69. The number of aryl methyl sites for hydroxylation is 2. The Labute approximate surface area is 196 Å². The van der Waals surface area contributed by atoms with Crippen LogP contribution in [-0.2, 0) is 10.0 Å². The number of rotatable bonds is 7. The van der Waals surface area contributed by atoms with Crippen molar-refractivity contribution in [1.82, 2.24) is 9.97 Å². The summed E-state index contributed by atoms with van der Waals surface area (Å²) >= 11 is 0. The van der Waals surface area contributed by atoms with Gasteiger partial charge >= 0.3 is 0 Å². The Morgan fingerprint density at radius 2 is 1.58 bits per heavy atom. The van der Waals surface area contributed by atoms with E-state index in [2.05, 4.69) is 24.9 Å². The van der Waals surface area contributed by atoms with Crippen molar-refractivity contribution in [2.75, 3.05) is 28.0 Å². The Balaban J connectivity index is 1.50. The molecule has 3 aromatic rings. The van der Waals surface area contributed by atoms with E-state index in [-0.39, 0.29) is 5.92 Å². The summed E-state index contributed by atoms with van der Waals surface area (Å²) in [4.78, 5) is 11.7. The predicted octanol–water partition coefficient (Wildman–Crippen LogP) is 5.36. The Morgan fingerprint density at radius 3 is 2.24 bits per heavy atom. The standard InChI is InChI=1S/C25H31N5O2S/c1-17(2)20-8-7-18(3)23(16-20)33(31,32)29-22-11-9-21(10-12-22)27-25-26-19(4)15-24(28-25)30-13-5-6-14-30/h7-12,15-17,29H,5-6,13-14H2,1-4H3,(H,26,27,28). The fourth-order valence-electron chi connectivity index (χ4n) is 3.94. The minimum absolute atomic E-state index is 0.250. The molecule has 0 aliphatic carbocycles. The number of aromatic nitrogens is 2. The highest BCUT2D eigenvalue weighted by Gasteiger charge is 2.19. The first kappa shape index (κ1) is 23.0. The lowest BCUT2D eigenvalue weighted by molar-refractivity contribution is 0.600. The maximum absolute atomic E-state index is 13.0. The maximum Gasteiger partial charge on any atom is 0.262 e. The topological polar surface area (TPSA) is 87.2 Å². The summed E-state index contributed by atoms with van der Waals surface area (Å²) in [5, 5.41) is 3.23. The molecule has 0 spiro atoms. The van der Waals surface area contributed by atoms with E-state index in [0.717, 1.165) is 41.4 Å². The molecule has 2 N–H and O–H groups in total. The fourth-order valence-corrected chi connectivity index (χ4v) is 5.28. The van der Waals surface area contributed by atoms with Crippen LogP contribution in [0.4, 0.5) is 23.1 Å². The van der Waals surface area contributed by atoms with Crippen LogP contribution < -0.4 is 14.9 Å². The largest absolute Gasteiger partial charge is 0.356 e. The Morgan fingerprint density at radius 1 is 0.909 bits per heavy atom. The molecule has 7 nitrogen and oxygen atoms in total. The highest BCUT2D eigenvalue weighted by atomic mass is 32.2. The summed E-state index contributed by atoms with van der Waals surface area (Å²) in [5.41, 5.74) is 3.90. The molecule has 0 amide bonds. The third-order valence-corrected chi connectivity index (χ3v) is 7.36. The van der Waals surface area contributed by atoms with Crippen molar-refractivity contribution < 1.29 is 8.42 Å². The van der Waals surface area contributed by atoms with Crippen LogP contribution >= 0.6 is 0 Å². The maximum atomic E-state index is 13.0. The van der Waals surface area contributed by atoms with Gasteiger partial charge in [0.05, 0.1) is 4.90 Å². The summed E-state index contributed by atoms with van der Waals surface area (Å²) in [6, 6.07) is 14.7. The highest BCUT2D eigenvalue weighted by molar-refractivity contribution is 7.92. The first-order valence-corrected chi connectivity index (χ1v) is 12.8. The van der Waals surface area contributed by atoms with Crippen molar-refractivity contribution in [1.29, 1.82) is 0 Å². The van der Waals surface area contributed by atoms with Gasteiger partial charge in [0, 0.05) is 36.2 Å². The van der Waals surface area contributed by atoms with E-state index < -0.39 is 10.0 Å². The van der Waals surface area contributed by atoms with Crippen molar-refractivity contribution in [3.8, 4) is 0 Å². The van der Waals surface area contributed by atoms with Crippen LogP contribution in [-0.4, -0.2) is 31.5 Å². The molecule has 1 aromatic heterocycles. The van der Waals surface area contributed by atoms with E-state index in [1.807, 2.05) is 58.0 Å². The van der Waals surface area contributed by atoms with Gasteiger partial charge in [0.15, 0.2) is 0 Å². The normalized spacial score (nSPS) is 14.0. The van der Waals surface area contributed by atoms with Gasteiger partial charge in [0.1, 0.15) is 5.82 Å². The zero-order valence-corrected chi connectivity index (χ0v) is 20.4. The second kappa shape index (κ2) is 9.39. The molecule has 1 aliphatic rings.